The first kappa shape index (κ1) is 14.2. The number of carbonyl (C=O) groups is 1. The minimum Gasteiger partial charge on any atom is -0.497 e. The van der Waals surface area contributed by atoms with E-state index in [0.29, 0.717) is 16.5 Å². The monoisotopic (exact) mass is 287 g/mol. The number of anilines is 1. The number of amides is 1. The SMILES string of the molecule is COc1ccc(NC(=O)/C=C/c2ccccc2)c(Cl)c1. The predicted molar refractivity (Wildman–Crippen MR) is 82.1 cm³/mol. The quantitative estimate of drug-likeness (QED) is 0.863. The Morgan fingerprint density at radius 1 is 1.20 bits per heavy atom. The Balaban J connectivity index is 2.03. The van der Waals surface area contributed by atoms with Gasteiger partial charge >= 0.3 is 0 Å². The first-order valence-corrected chi connectivity index (χ1v) is 6.44. The molecule has 3 nitrogen and oxygen atoms in total. The van der Waals surface area contributed by atoms with Gasteiger partial charge in [-0.2, -0.15) is 0 Å². The van der Waals surface area contributed by atoms with Gasteiger partial charge in [0.25, 0.3) is 0 Å². The second kappa shape index (κ2) is 6.78. The van der Waals surface area contributed by atoms with Crippen molar-refractivity contribution in [3.05, 3.63) is 65.2 Å². The molecule has 1 amide bonds. The van der Waals surface area contributed by atoms with Crippen molar-refractivity contribution in [1.29, 1.82) is 0 Å². The number of hydrogen-bond donors (Lipinski definition) is 1. The van der Waals surface area contributed by atoms with E-state index in [-0.39, 0.29) is 5.91 Å². The highest BCUT2D eigenvalue weighted by Crippen LogP contribution is 2.26. The second-order valence-electron chi connectivity index (χ2n) is 4.08. The molecular formula is C16H14ClNO2. The highest BCUT2D eigenvalue weighted by molar-refractivity contribution is 6.34. The zero-order chi connectivity index (χ0) is 14.4. The van der Waals surface area contributed by atoms with Crippen molar-refractivity contribution < 1.29 is 9.53 Å². The topological polar surface area (TPSA) is 38.3 Å². The summed E-state index contributed by atoms with van der Waals surface area (Å²) in [6.45, 7) is 0. The summed E-state index contributed by atoms with van der Waals surface area (Å²) in [4.78, 5) is 11.8. The molecule has 102 valence electrons. The number of hydrogen-bond acceptors (Lipinski definition) is 2. The Morgan fingerprint density at radius 3 is 2.60 bits per heavy atom. The van der Waals surface area contributed by atoms with Crippen molar-refractivity contribution in [3.8, 4) is 5.75 Å². The van der Waals surface area contributed by atoms with Gasteiger partial charge in [0.1, 0.15) is 5.75 Å². The molecule has 0 saturated carbocycles. The van der Waals surface area contributed by atoms with E-state index in [9.17, 15) is 4.79 Å². The molecule has 0 aromatic heterocycles. The van der Waals surface area contributed by atoms with Gasteiger partial charge in [0.2, 0.25) is 5.91 Å². The number of rotatable bonds is 4. The molecule has 0 radical (unpaired) electrons. The fourth-order valence-electron chi connectivity index (χ4n) is 1.63. The average molecular weight is 288 g/mol. The summed E-state index contributed by atoms with van der Waals surface area (Å²) in [5, 5.41) is 3.15. The molecule has 1 N–H and O–H groups in total. The fourth-order valence-corrected chi connectivity index (χ4v) is 1.85. The zero-order valence-electron chi connectivity index (χ0n) is 11.0. The van der Waals surface area contributed by atoms with Gasteiger partial charge in [-0.15, -0.1) is 0 Å². The summed E-state index contributed by atoms with van der Waals surface area (Å²) in [6.07, 6.45) is 3.21. The molecule has 0 bridgehead atoms. The van der Waals surface area contributed by atoms with Gasteiger partial charge in [0.05, 0.1) is 17.8 Å². The molecule has 4 heteroatoms. The number of benzene rings is 2. The van der Waals surface area contributed by atoms with Crippen molar-refractivity contribution in [1.82, 2.24) is 0 Å². The van der Waals surface area contributed by atoms with E-state index in [2.05, 4.69) is 5.32 Å². The third-order valence-corrected chi connectivity index (χ3v) is 2.97. The standard InChI is InChI=1S/C16H14ClNO2/c1-20-13-8-9-15(14(17)11-13)18-16(19)10-7-12-5-3-2-4-6-12/h2-11H,1H3,(H,18,19)/b10-7+. The summed E-state index contributed by atoms with van der Waals surface area (Å²) in [5.41, 5.74) is 1.51. The molecule has 0 fully saturated rings. The Kier molecular flexibility index (Phi) is 4.80. The van der Waals surface area contributed by atoms with Crippen LogP contribution in [0.4, 0.5) is 5.69 Å². The van der Waals surface area contributed by atoms with Gasteiger partial charge < -0.3 is 10.1 Å². The molecule has 0 aliphatic carbocycles. The van der Waals surface area contributed by atoms with Crippen LogP contribution in [-0.2, 0) is 4.79 Å². The molecule has 0 saturated heterocycles. The number of ether oxygens (including phenoxy) is 1. The normalized spacial score (nSPS) is 10.5. The summed E-state index contributed by atoms with van der Waals surface area (Å²) >= 11 is 6.05. The van der Waals surface area contributed by atoms with Crippen LogP contribution in [0.15, 0.2) is 54.6 Å². The summed E-state index contributed by atoms with van der Waals surface area (Å²) in [5.74, 6) is 0.411. The van der Waals surface area contributed by atoms with Crippen LogP contribution in [-0.4, -0.2) is 13.0 Å². The van der Waals surface area contributed by atoms with Gasteiger partial charge in [-0.05, 0) is 23.8 Å². The largest absolute Gasteiger partial charge is 0.497 e. The van der Waals surface area contributed by atoms with Crippen molar-refractivity contribution >= 4 is 29.3 Å². The number of nitrogens with one attached hydrogen (secondary N) is 1. The second-order valence-corrected chi connectivity index (χ2v) is 4.49. The highest BCUT2D eigenvalue weighted by atomic mass is 35.5. The summed E-state index contributed by atoms with van der Waals surface area (Å²) in [7, 11) is 1.56. The number of halogens is 1. The molecule has 0 atom stereocenters. The van der Waals surface area contributed by atoms with Crippen molar-refractivity contribution in [3.63, 3.8) is 0 Å². The van der Waals surface area contributed by atoms with Gasteiger partial charge in [-0.25, -0.2) is 0 Å². The number of carbonyl (C=O) groups excluding carboxylic acids is 1. The average Bonchev–Trinajstić information content (AvgIpc) is 2.48. The van der Waals surface area contributed by atoms with Crippen LogP contribution in [0.3, 0.4) is 0 Å². The zero-order valence-corrected chi connectivity index (χ0v) is 11.7. The van der Waals surface area contributed by atoms with Crippen LogP contribution in [0.1, 0.15) is 5.56 Å². The molecule has 0 aliphatic rings. The molecule has 2 aromatic carbocycles. The molecular weight excluding hydrogens is 274 g/mol. The lowest BCUT2D eigenvalue weighted by Crippen LogP contribution is -2.08. The molecule has 0 spiro atoms. The fraction of sp³-hybridized carbons (Fsp3) is 0.0625. The minimum absolute atomic E-state index is 0.235. The Hall–Kier alpha value is -2.26. The van der Waals surface area contributed by atoms with E-state index in [1.54, 1.807) is 31.4 Å². The van der Waals surface area contributed by atoms with E-state index in [1.807, 2.05) is 30.3 Å². The van der Waals surface area contributed by atoms with E-state index < -0.39 is 0 Å². The van der Waals surface area contributed by atoms with Crippen molar-refractivity contribution in [2.24, 2.45) is 0 Å². The van der Waals surface area contributed by atoms with Gasteiger partial charge in [0, 0.05) is 12.1 Å². The van der Waals surface area contributed by atoms with Crippen molar-refractivity contribution in [2.45, 2.75) is 0 Å². The lowest BCUT2D eigenvalue weighted by molar-refractivity contribution is -0.111. The Bertz CT molecular complexity index is 624. The van der Waals surface area contributed by atoms with Crippen molar-refractivity contribution in [2.75, 3.05) is 12.4 Å². The first-order chi connectivity index (χ1) is 9.69. The molecule has 0 heterocycles. The van der Waals surface area contributed by atoms with Crippen LogP contribution in [0, 0.1) is 0 Å². The lowest BCUT2D eigenvalue weighted by atomic mass is 10.2. The number of methoxy groups -OCH3 is 1. The molecule has 0 aliphatic heterocycles. The Morgan fingerprint density at radius 2 is 1.95 bits per heavy atom. The van der Waals surface area contributed by atoms with E-state index in [1.165, 1.54) is 6.08 Å². The minimum atomic E-state index is -0.235. The molecule has 0 unspecified atom stereocenters. The smallest absolute Gasteiger partial charge is 0.248 e. The lowest BCUT2D eigenvalue weighted by Gasteiger charge is -2.06. The maximum Gasteiger partial charge on any atom is 0.248 e. The molecule has 20 heavy (non-hydrogen) atoms. The van der Waals surface area contributed by atoms with Crippen LogP contribution >= 0.6 is 11.6 Å². The third kappa shape index (κ3) is 3.87. The summed E-state index contributed by atoms with van der Waals surface area (Å²) < 4.78 is 5.05. The molecule has 2 aromatic rings. The maximum atomic E-state index is 11.8. The first-order valence-electron chi connectivity index (χ1n) is 6.06. The highest BCUT2D eigenvalue weighted by Gasteiger charge is 2.04. The summed E-state index contributed by atoms with van der Waals surface area (Å²) in [6, 6.07) is 14.7. The Labute approximate surface area is 122 Å². The van der Waals surface area contributed by atoms with Crippen LogP contribution in [0.2, 0.25) is 5.02 Å². The predicted octanol–water partition coefficient (Wildman–Crippen LogP) is 4.00. The molecule has 2 rings (SSSR count). The third-order valence-electron chi connectivity index (χ3n) is 2.66. The van der Waals surface area contributed by atoms with Crippen LogP contribution < -0.4 is 10.1 Å². The van der Waals surface area contributed by atoms with E-state index >= 15 is 0 Å². The van der Waals surface area contributed by atoms with Crippen LogP contribution in [0.25, 0.3) is 6.08 Å². The van der Waals surface area contributed by atoms with E-state index in [4.69, 9.17) is 16.3 Å². The maximum absolute atomic E-state index is 11.8. The van der Waals surface area contributed by atoms with Gasteiger partial charge in [-0.3, -0.25) is 4.79 Å². The van der Waals surface area contributed by atoms with Crippen LogP contribution in [0.5, 0.6) is 5.75 Å². The van der Waals surface area contributed by atoms with Gasteiger partial charge in [0.15, 0.2) is 0 Å². The van der Waals surface area contributed by atoms with E-state index in [0.717, 1.165) is 5.56 Å². The van der Waals surface area contributed by atoms with Gasteiger partial charge in [-0.1, -0.05) is 41.9 Å².